The molecule has 1 aliphatic rings. The zero-order chi connectivity index (χ0) is 19.0. The van der Waals surface area contributed by atoms with Crippen molar-refractivity contribution in [1.29, 1.82) is 0 Å². The first kappa shape index (κ1) is 17.8. The second-order valence-electron chi connectivity index (χ2n) is 6.92. The van der Waals surface area contributed by atoms with Gasteiger partial charge >= 0.3 is 0 Å². The second kappa shape index (κ2) is 7.21. The molecule has 1 saturated carbocycles. The number of nitrogens with zero attached hydrogens (tertiary/aromatic N) is 3. The maximum atomic E-state index is 12.8. The molecule has 3 aromatic rings. The summed E-state index contributed by atoms with van der Waals surface area (Å²) in [5.74, 6) is 0.189. The number of aliphatic hydroxyl groups is 1. The summed E-state index contributed by atoms with van der Waals surface area (Å²) in [4.78, 5) is 27.1. The zero-order valence-corrected chi connectivity index (χ0v) is 16.0. The van der Waals surface area contributed by atoms with Gasteiger partial charge in [-0.2, -0.15) is 0 Å². The van der Waals surface area contributed by atoms with Gasteiger partial charge in [-0.05, 0) is 44.4 Å². The third-order valence-electron chi connectivity index (χ3n) is 4.69. The maximum Gasteiger partial charge on any atom is 0.271 e. The Kier molecular flexibility index (Phi) is 4.75. The number of amides is 1. The van der Waals surface area contributed by atoms with Gasteiger partial charge in [0.15, 0.2) is 5.69 Å². The molecule has 0 aliphatic heterocycles. The molecule has 3 heterocycles. The highest BCUT2D eigenvalue weighted by atomic mass is 32.1. The zero-order valence-electron chi connectivity index (χ0n) is 15.1. The molecule has 3 aromatic heterocycles. The number of fused-ring (bicyclic) bond motifs is 1. The molecule has 0 unspecified atom stereocenters. The van der Waals surface area contributed by atoms with E-state index < -0.39 is 0 Å². The molecule has 0 bridgehead atoms. The first-order chi connectivity index (χ1) is 13.0. The van der Waals surface area contributed by atoms with Crippen LogP contribution in [0.4, 0.5) is 5.95 Å². The van der Waals surface area contributed by atoms with Crippen molar-refractivity contribution in [3.63, 3.8) is 0 Å². The molecular formula is C19H21N5O2S. The minimum absolute atomic E-state index is 0.00398. The lowest BCUT2D eigenvalue weighted by Crippen LogP contribution is -2.47. The van der Waals surface area contributed by atoms with Crippen LogP contribution in [0.1, 0.15) is 46.7 Å². The number of hydrogen-bond acceptors (Lipinski definition) is 7. The summed E-state index contributed by atoms with van der Waals surface area (Å²) in [6.07, 6.45) is 4.38. The van der Waals surface area contributed by atoms with Gasteiger partial charge < -0.3 is 15.7 Å². The van der Waals surface area contributed by atoms with Gasteiger partial charge in [0, 0.05) is 23.3 Å². The van der Waals surface area contributed by atoms with Crippen LogP contribution in [0.15, 0.2) is 30.6 Å². The maximum absolute atomic E-state index is 12.8. The normalized spacial score (nSPS) is 20.1. The first-order valence-electron chi connectivity index (χ1n) is 8.93. The fraction of sp³-hybridized carbons (Fsp3) is 0.368. The van der Waals surface area contributed by atoms with Crippen molar-refractivity contribution < 1.29 is 9.90 Å². The Labute approximate surface area is 160 Å². The van der Waals surface area contributed by atoms with Crippen LogP contribution >= 0.6 is 11.3 Å². The second-order valence-corrected chi connectivity index (χ2v) is 8.17. The average Bonchev–Trinajstić information content (AvgIpc) is 3.00. The van der Waals surface area contributed by atoms with E-state index in [0.717, 1.165) is 20.7 Å². The van der Waals surface area contributed by atoms with Gasteiger partial charge in [0.05, 0.1) is 22.4 Å². The van der Waals surface area contributed by atoms with Gasteiger partial charge in [-0.25, -0.2) is 9.97 Å². The van der Waals surface area contributed by atoms with Crippen LogP contribution < -0.4 is 10.6 Å². The monoisotopic (exact) mass is 383 g/mol. The highest BCUT2D eigenvalue weighted by Gasteiger charge is 2.30. The van der Waals surface area contributed by atoms with Crippen molar-refractivity contribution in [3.05, 3.63) is 46.7 Å². The fourth-order valence-electron chi connectivity index (χ4n) is 3.14. The summed E-state index contributed by atoms with van der Waals surface area (Å²) in [5.41, 5.74) is 2.14. The Morgan fingerprint density at radius 3 is 2.89 bits per heavy atom. The van der Waals surface area contributed by atoms with E-state index in [0.29, 0.717) is 24.5 Å². The van der Waals surface area contributed by atoms with E-state index in [1.54, 1.807) is 12.4 Å². The van der Waals surface area contributed by atoms with E-state index in [9.17, 15) is 9.90 Å². The summed E-state index contributed by atoms with van der Waals surface area (Å²) in [5, 5.41) is 15.7. The summed E-state index contributed by atoms with van der Waals surface area (Å²) in [7, 11) is 0. The van der Waals surface area contributed by atoms with Gasteiger partial charge in [0.2, 0.25) is 5.95 Å². The Balaban J connectivity index is 1.62. The van der Waals surface area contributed by atoms with Gasteiger partial charge in [-0.15, -0.1) is 11.3 Å². The van der Waals surface area contributed by atoms with Gasteiger partial charge in [0.25, 0.3) is 5.91 Å². The number of aryl methyl sites for hydroxylation is 1. The van der Waals surface area contributed by atoms with E-state index in [4.69, 9.17) is 0 Å². The largest absolute Gasteiger partial charge is 0.393 e. The molecule has 1 amide bonds. The lowest BCUT2D eigenvalue weighted by Gasteiger charge is -2.31. The number of carbonyl (C=O) groups is 1. The number of aliphatic hydroxyl groups excluding tert-OH is 1. The van der Waals surface area contributed by atoms with Crippen LogP contribution in [0.25, 0.3) is 10.2 Å². The number of hydrogen-bond donors (Lipinski definition) is 3. The smallest absolute Gasteiger partial charge is 0.271 e. The first-order valence-corrected chi connectivity index (χ1v) is 9.75. The predicted octanol–water partition coefficient (Wildman–Crippen LogP) is 2.82. The van der Waals surface area contributed by atoms with E-state index in [-0.39, 0.29) is 24.1 Å². The van der Waals surface area contributed by atoms with Gasteiger partial charge in [0.1, 0.15) is 0 Å². The topological polar surface area (TPSA) is 100 Å². The number of carbonyl (C=O) groups excluding carboxylic acids is 1. The van der Waals surface area contributed by atoms with Crippen molar-refractivity contribution in [2.75, 3.05) is 5.32 Å². The molecule has 1 atom stereocenters. The molecule has 0 spiro atoms. The Morgan fingerprint density at radius 1 is 1.37 bits per heavy atom. The Morgan fingerprint density at radius 2 is 2.19 bits per heavy atom. The number of anilines is 1. The van der Waals surface area contributed by atoms with Crippen LogP contribution in [0.5, 0.6) is 0 Å². The van der Waals surface area contributed by atoms with Crippen LogP contribution in [0.3, 0.4) is 0 Å². The van der Waals surface area contributed by atoms with Crippen molar-refractivity contribution in [2.45, 2.75) is 44.9 Å². The average molecular weight is 383 g/mol. The third kappa shape index (κ3) is 3.77. The summed E-state index contributed by atoms with van der Waals surface area (Å²) in [6.45, 7) is 3.99. The lowest BCUT2D eigenvalue weighted by molar-refractivity contribution is 0.0561. The van der Waals surface area contributed by atoms with Crippen molar-refractivity contribution in [1.82, 2.24) is 20.3 Å². The highest BCUT2D eigenvalue weighted by molar-refractivity contribution is 7.19. The molecule has 27 heavy (non-hydrogen) atoms. The summed E-state index contributed by atoms with van der Waals surface area (Å²) < 4.78 is 0.782. The van der Waals surface area contributed by atoms with Crippen LogP contribution in [-0.4, -0.2) is 38.1 Å². The number of rotatable bonds is 5. The number of thiophene rings is 1. The molecule has 0 saturated heterocycles. The molecule has 1 aliphatic carbocycles. The summed E-state index contributed by atoms with van der Waals surface area (Å²) >= 11 is 1.51. The minimum Gasteiger partial charge on any atom is -0.393 e. The molecule has 0 radical (unpaired) electrons. The highest BCUT2D eigenvalue weighted by Crippen LogP contribution is 2.29. The van der Waals surface area contributed by atoms with Gasteiger partial charge in [-0.1, -0.05) is 6.07 Å². The molecule has 4 rings (SSSR count). The summed E-state index contributed by atoms with van der Waals surface area (Å²) in [6, 6.07) is 5.78. The minimum atomic E-state index is -0.317. The van der Waals surface area contributed by atoms with Crippen molar-refractivity contribution in [2.24, 2.45) is 0 Å². The number of nitrogens with one attached hydrogen (secondary N) is 2. The van der Waals surface area contributed by atoms with E-state index in [2.05, 4.69) is 25.6 Å². The quantitative estimate of drug-likeness (QED) is 0.626. The van der Waals surface area contributed by atoms with Crippen molar-refractivity contribution in [3.8, 4) is 0 Å². The van der Waals surface area contributed by atoms with Crippen molar-refractivity contribution >= 4 is 33.4 Å². The van der Waals surface area contributed by atoms with Gasteiger partial charge in [-0.3, -0.25) is 9.78 Å². The SMILES string of the molecule is Cc1cc2nc(N[C@@H](C)c3cccnc3)nc(C(=O)NC3CC(O)C3)c2s1. The number of aromatic nitrogens is 3. The molecule has 140 valence electrons. The lowest BCUT2D eigenvalue weighted by atomic mass is 9.89. The standard InChI is InChI=1S/C19H21N5O2S/c1-10-6-15-17(27-10)16(18(26)22-13-7-14(25)8-13)24-19(23-15)21-11(2)12-4-3-5-20-9-12/h3-6,9,11,13-14,25H,7-8H2,1-2H3,(H,22,26)(H,21,23,24)/t11-,13?,14?/m0/s1. The third-order valence-corrected chi connectivity index (χ3v) is 5.73. The Hall–Kier alpha value is -2.58. The Bertz CT molecular complexity index is 969. The van der Waals surface area contributed by atoms with Crippen LogP contribution in [0, 0.1) is 6.92 Å². The van der Waals surface area contributed by atoms with E-state index >= 15 is 0 Å². The van der Waals surface area contributed by atoms with E-state index in [1.807, 2.05) is 32.0 Å². The van der Waals surface area contributed by atoms with E-state index in [1.165, 1.54) is 11.3 Å². The van der Waals surface area contributed by atoms with Crippen LogP contribution in [0.2, 0.25) is 0 Å². The fourth-order valence-corrected chi connectivity index (χ4v) is 4.07. The van der Waals surface area contributed by atoms with Crippen LogP contribution in [-0.2, 0) is 0 Å². The molecule has 7 nitrogen and oxygen atoms in total. The molecule has 1 fully saturated rings. The molecule has 3 N–H and O–H groups in total. The number of pyridine rings is 1. The predicted molar refractivity (Wildman–Crippen MR) is 105 cm³/mol. The molecule has 8 heteroatoms. The molecular weight excluding hydrogens is 362 g/mol. The molecule has 0 aromatic carbocycles.